The average molecular weight is 236 g/mol. The minimum absolute atomic E-state index is 0.386. The zero-order valence-corrected chi connectivity index (χ0v) is 9.43. The van der Waals surface area contributed by atoms with Crippen molar-refractivity contribution in [3.05, 3.63) is 12.7 Å². The normalized spacial score (nSPS) is 10.9. The third-order valence-electron chi connectivity index (χ3n) is 2.27. The van der Waals surface area contributed by atoms with Crippen molar-refractivity contribution in [2.24, 2.45) is 5.73 Å². The van der Waals surface area contributed by atoms with Crippen LogP contribution in [-0.4, -0.2) is 45.8 Å². The first-order valence-corrected chi connectivity index (χ1v) is 5.41. The lowest BCUT2D eigenvalue weighted by Gasteiger charge is -2.08. The number of nitrogen functional groups attached to an aromatic ring is 1. The van der Waals surface area contributed by atoms with Gasteiger partial charge in [-0.3, -0.25) is 0 Å². The summed E-state index contributed by atoms with van der Waals surface area (Å²) in [5.41, 5.74) is 15.5. The molecule has 0 spiro atoms. The fraction of sp³-hybridized carbons (Fsp3) is 0.444. The first-order chi connectivity index (χ1) is 8.33. The number of rotatable bonds is 6. The second-order valence-corrected chi connectivity index (χ2v) is 3.49. The summed E-state index contributed by atoms with van der Waals surface area (Å²) in [5.74, 6) is 0.386. The van der Waals surface area contributed by atoms with Gasteiger partial charge in [-0.15, -0.1) is 0 Å². The average Bonchev–Trinajstić information content (AvgIpc) is 2.74. The van der Waals surface area contributed by atoms with Crippen LogP contribution < -0.4 is 22.2 Å². The lowest BCUT2D eigenvalue weighted by atomic mass is 10.5. The van der Waals surface area contributed by atoms with Crippen LogP contribution in [0.5, 0.6) is 0 Å². The number of hydrogen-bond donors (Lipinski definition) is 4. The Bertz CT molecular complexity index is 479. The zero-order valence-electron chi connectivity index (χ0n) is 9.43. The van der Waals surface area contributed by atoms with Gasteiger partial charge >= 0.3 is 0 Å². The van der Waals surface area contributed by atoms with Gasteiger partial charge in [0.25, 0.3) is 0 Å². The molecule has 0 radical (unpaired) electrons. The zero-order chi connectivity index (χ0) is 12.1. The number of nitrogens with zero attached hydrogens (tertiary/aromatic N) is 4. The lowest BCUT2D eigenvalue weighted by Crippen LogP contribution is -2.30. The van der Waals surface area contributed by atoms with Crippen LogP contribution in [0.15, 0.2) is 12.7 Å². The van der Waals surface area contributed by atoms with Gasteiger partial charge in [-0.1, -0.05) is 0 Å². The van der Waals surface area contributed by atoms with Crippen molar-refractivity contribution in [3.63, 3.8) is 0 Å². The Kier molecular flexibility index (Phi) is 3.68. The summed E-state index contributed by atoms with van der Waals surface area (Å²) in [7, 11) is 0. The molecule has 0 aliphatic heterocycles. The molecule has 8 nitrogen and oxygen atoms in total. The van der Waals surface area contributed by atoms with Gasteiger partial charge in [0.1, 0.15) is 12.7 Å². The largest absolute Gasteiger partial charge is 0.382 e. The molecule has 92 valence electrons. The summed E-state index contributed by atoms with van der Waals surface area (Å²) >= 11 is 0. The molecule has 17 heavy (non-hydrogen) atoms. The molecular formula is C9H16N8. The first kappa shape index (κ1) is 11.6. The quantitative estimate of drug-likeness (QED) is 0.450. The Balaban J connectivity index is 1.97. The first-order valence-electron chi connectivity index (χ1n) is 5.41. The van der Waals surface area contributed by atoms with Gasteiger partial charge in [0.15, 0.2) is 17.0 Å². The van der Waals surface area contributed by atoms with Crippen molar-refractivity contribution < 1.29 is 0 Å². The van der Waals surface area contributed by atoms with Crippen LogP contribution in [0.3, 0.4) is 0 Å². The third kappa shape index (κ3) is 2.60. The number of imidazole rings is 1. The van der Waals surface area contributed by atoms with E-state index in [1.165, 1.54) is 6.33 Å². The topological polar surface area (TPSA) is 120 Å². The fourth-order valence-corrected chi connectivity index (χ4v) is 1.46. The molecule has 0 aliphatic rings. The van der Waals surface area contributed by atoms with E-state index >= 15 is 0 Å². The highest BCUT2D eigenvalue weighted by Crippen LogP contribution is 2.12. The predicted molar refractivity (Wildman–Crippen MR) is 65.9 cm³/mol. The van der Waals surface area contributed by atoms with Gasteiger partial charge in [-0.05, 0) is 0 Å². The summed E-state index contributed by atoms with van der Waals surface area (Å²) in [6.45, 7) is 3.01. The monoisotopic (exact) mass is 236 g/mol. The van der Waals surface area contributed by atoms with E-state index in [2.05, 4.69) is 25.7 Å². The second-order valence-electron chi connectivity index (χ2n) is 3.49. The number of nitrogens with one attached hydrogen (secondary N) is 2. The summed E-state index contributed by atoms with van der Waals surface area (Å²) in [4.78, 5) is 12.1. The number of nitrogens with two attached hydrogens (primary N) is 2. The smallest absolute Gasteiger partial charge is 0.184 e. The van der Waals surface area contributed by atoms with Crippen molar-refractivity contribution in [3.8, 4) is 0 Å². The number of hydrogen-bond acceptors (Lipinski definition) is 7. The van der Waals surface area contributed by atoms with Crippen molar-refractivity contribution in [1.82, 2.24) is 24.9 Å². The van der Waals surface area contributed by atoms with Gasteiger partial charge < -0.3 is 22.2 Å². The summed E-state index contributed by atoms with van der Waals surface area (Å²) in [5, 5.41) is 3.18. The molecule has 0 aliphatic carbocycles. The molecule has 2 aromatic rings. The molecule has 2 aromatic heterocycles. The maximum atomic E-state index is 5.68. The highest BCUT2D eigenvalue weighted by Gasteiger charge is 2.06. The van der Waals surface area contributed by atoms with Crippen molar-refractivity contribution in [2.75, 3.05) is 37.3 Å². The van der Waals surface area contributed by atoms with Gasteiger partial charge in [0.05, 0.1) is 0 Å². The van der Waals surface area contributed by atoms with E-state index in [0.717, 1.165) is 19.6 Å². The van der Waals surface area contributed by atoms with Crippen LogP contribution in [0.25, 0.3) is 11.2 Å². The van der Waals surface area contributed by atoms with Crippen molar-refractivity contribution in [2.45, 2.75) is 0 Å². The second kappa shape index (κ2) is 5.41. The number of aromatic nitrogens is 4. The Morgan fingerprint density at radius 3 is 2.88 bits per heavy atom. The van der Waals surface area contributed by atoms with Crippen LogP contribution in [0.4, 0.5) is 5.82 Å². The molecule has 0 saturated heterocycles. The number of fused-ring (bicyclic) bond motifs is 1. The minimum atomic E-state index is 0.386. The van der Waals surface area contributed by atoms with E-state index in [0.29, 0.717) is 23.5 Å². The van der Waals surface area contributed by atoms with Crippen LogP contribution in [0.1, 0.15) is 0 Å². The Morgan fingerprint density at radius 2 is 2.06 bits per heavy atom. The van der Waals surface area contributed by atoms with Gasteiger partial charge in [-0.2, -0.15) is 0 Å². The molecule has 0 aromatic carbocycles. The molecule has 2 rings (SSSR count). The highest BCUT2D eigenvalue weighted by molar-refractivity contribution is 5.81. The fourth-order valence-electron chi connectivity index (χ4n) is 1.46. The van der Waals surface area contributed by atoms with Crippen molar-refractivity contribution >= 4 is 17.0 Å². The minimum Gasteiger partial charge on any atom is -0.382 e. The van der Waals surface area contributed by atoms with E-state index < -0.39 is 0 Å². The lowest BCUT2D eigenvalue weighted by molar-refractivity contribution is 0.683. The standard InChI is InChI=1S/C9H16N8/c10-1-2-12-3-4-16-17-6-15-7-8(11)13-5-14-9(7)17/h5-6,12,16H,1-4,10H2,(H2,11,13,14). The van der Waals surface area contributed by atoms with Gasteiger partial charge in [0.2, 0.25) is 0 Å². The summed E-state index contributed by atoms with van der Waals surface area (Å²) in [6.07, 6.45) is 3.06. The molecule has 0 amide bonds. The van der Waals surface area contributed by atoms with Gasteiger partial charge in [-0.25, -0.2) is 19.6 Å². The molecule has 2 heterocycles. The third-order valence-corrected chi connectivity index (χ3v) is 2.27. The van der Waals surface area contributed by atoms with Crippen LogP contribution in [-0.2, 0) is 0 Å². The summed E-state index contributed by atoms with van der Waals surface area (Å²) < 4.78 is 1.73. The Hall–Kier alpha value is -1.93. The van der Waals surface area contributed by atoms with E-state index in [1.54, 1.807) is 11.0 Å². The van der Waals surface area contributed by atoms with E-state index in [9.17, 15) is 0 Å². The highest BCUT2D eigenvalue weighted by atomic mass is 15.4. The Labute approximate surface area is 98.4 Å². The molecule has 0 atom stereocenters. The molecule has 0 unspecified atom stereocenters. The van der Waals surface area contributed by atoms with Crippen LogP contribution in [0.2, 0.25) is 0 Å². The summed E-state index contributed by atoms with van der Waals surface area (Å²) in [6, 6.07) is 0. The Morgan fingerprint density at radius 1 is 1.18 bits per heavy atom. The van der Waals surface area contributed by atoms with E-state index in [-0.39, 0.29) is 0 Å². The van der Waals surface area contributed by atoms with Gasteiger partial charge in [0, 0.05) is 26.2 Å². The maximum absolute atomic E-state index is 5.68. The number of anilines is 1. The molecule has 0 fully saturated rings. The maximum Gasteiger partial charge on any atom is 0.184 e. The van der Waals surface area contributed by atoms with E-state index in [1.807, 2.05) is 0 Å². The van der Waals surface area contributed by atoms with E-state index in [4.69, 9.17) is 11.5 Å². The van der Waals surface area contributed by atoms with Crippen molar-refractivity contribution in [1.29, 1.82) is 0 Å². The molecule has 8 heteroatoms. The molecular weight excluding hydrogens is 220 g/mol. The van der Waals surface area contributed by atoms with Crippen LogP contribution >= 0.6 is 0 Å². The van der Waals surface area contributed by atoms with Crippen LogP contribution in [0, 0.1) is 0 Å². The molecule has 6 N–H and O–H groups in total. The molecule has 0 saturated carbocycles. The SMILES string of the molecule is NCCNCCNn1cnc2c(N)ncnc21. The molecule has 0 bridgehead atoms. The predicted octanol–water partition coefficient (Wildman–Crippen LogP) is -1.50.